The average Bonchev–Trinajstić information content (AvgIpc) is 2.66. The fraction of sp³-hybridized carbons (Fsp3) is 0.300. The summed E-state index contributed by atoms with van der Waals surface area (Å²) < 4.78 is 11.2. The highest BCUT2D eigenvalue weighted by Crippen LogP contribution is 2.14. The van der Waals surface area contributed by atoms with E-state index < -0.39 is 0 Å². The Morgan fingerprint density at radius 1 is 1.00 bits per heavy atom. The van der Waals surface area contributed by atoms with Crippen LogP contribution in [-0.2, 0) is 0 Å². The molecule has 0 aromatic heterocycles. The molecular weight excluding hydrogens is 348 g/mol. The lowest BCUT2D eigenvalue weighted by molar-refractivity contribution is 0.0976. The Kier molecular flexibility index (Phi) is 8.42. The minimum Gasteiger partial charge on any atom is -0.490 e. The molecular formula is C20H24N2O3S. The van der Waals surface area contributed by atoms with E-state index in [1.807, 2.05) is 30.3 Å². The van der Waals surface area contributed by atoms with E-state index in [1.54, 1.807) is 24.3 Å². The Hall–Kier alpha value is -2.60. The monoisotopic (exact) mass is 372 g/mol. The zero-order valence-corrected chi connectivity index (χ0v) is 15.7. The number of carbonyl (C=O) groups is 1. The zero-order valence-electron chi connectivity index (χ0n) is 14.9. The number of rotatable bonds is 9. The number of carbonyl (C=O) groups excluding carboxylic acids is 1. The Morgan fingerprint density at radius 2 is 1.69 bits per heavy atom. The molecule has 26 heavy (non-hydrogen) atoms. The molecule has 138 valence electrons. The van der Waals surface area contributed by atoms with Crippen LogP contribution in [0.2, 0.25) is 0 Å². The van der Waals surface area contributed by atoms with Crippen LogP contribution >= 0.6 is 12.2 Å². The molecule has 5 nitrogen and oxygen atoms in total. The van der Waals surface area contributed by atoms with Gasteiger partial charge in [0.2, 0.25) is 0 Å². The summed E-state index contributed by atoms with van der Waals surface area (Å²) in [5.41, 5.74) is 0.492. The molecule has 0 radical (unpaired) electrons. The van der Waals surface area contributed by atoms with Gasteiger partial charge in [0.05, 0.1) is 0 Å². The fourth-order valence-electron chi connectivity index (χ4n) is 2.16. The number of ether oxygens (including phenoxy) is 2. The van der Waals surface area contributed by atoms with Gasteiger partial charge in [0, 0.05) is 12.1 Å². The van der Waals surface area contributed by atoms with E-state index in [1.165, 1.54) is 0 Å². The second kappa shape index (κ2) is 11.1. The minimum absolute atomic E-state index is 0.259. The molecule has 2 aromatic carbocycles. The summed E-state index contributed by atoms with van der Waals surface area (Å²) in [4.78, 5) is 12.2. The zero-order chi connectivity index (χ0) is 18.6. The van der Waals surface area contributed by atoms with Gasteiger partial charge in [-0.15, -0.1) is 0 Å². The van der Waals surface area contributed by atoms with Crippen molar-refractivity contribution in [2.24, 2.45) is 0 Å². The van der Waals surface area contributed by atoms with Crippen molar-refractivity contribution in [3.63, 3.8) is 0 Å². The predicted molar refractivity (Wildman–Crippen MR) is 107 cm³/mol. The van der Waals surface area contributed by atoms with Crippen LogP contribution in [0.4, 0.5) is 0 Å². The molecule has 0 fully saturated rings. The van der Waals surface area contributed by atoms with Crippen LogP contribution in [0.1, 0.15) is 30.1 Å². The van der Waals surface area contributed by atoms with Crippen LogP contribution in [0, 0.1) is 0 Å². The molecule has 1 amide bonds. The number of para-hydroxylation sites is 1. The van der Waals surface area contributed by atoms with Gasteiger partial charge < -0.3 is 14.8 Å². The maximum Gasteiger partial charge on any atom is 0.257 e. The summed E-state index contributed by atoms with van der Waals surface area (Å²) in [7, 11) is 0. The molecule has 6 heteroatoms. The summed E-state index contributed by atoms with van der Waals surface area (Å²) in [6, 6.07) is 16.5. The molecule has 2 N–H and O–H groups in total. The van der Waals surface area contributed by atoms with Crippen molar-refractivity contribution >= 4 is 23.2 Å². The van der Waals surface area contributed by atoms with E-state index in [0.717, 1.165) is 25.1 Å². The first-order valence-corrected chi connectivity index (χ1v) is 9.09. The van der Waals surface area contributed by atoms with Crippen molar-refractivity contribution in [1.29, 1.82) is 0 Å². The maximum absolute atomic E-state index is 12.2. The van der Waals surface area contributed by atoms with E-state index in [9.17, 15) is 4.79 Å². The van der Waals surface area contributed by atoms with Crippen molar-refractivity contribution in [2.75, 3.05) is 19.8 Å². The highest BCUT2D eigenvalue weighted by Gasteiger charge is 2.08. The second-order valence-electron chi connectivity index (χ2n) is 5.60. The Bertz CT molecular complexity index is 707. The van der Waals surface area contributed by atoms with E-state index >= 15 is 0 Å². The average molecular weight is 372 g/mol. The molecule has 0 saturated carbocycles. The van der Waals surface area contributed by atoms with Crippen molar-refractivity contribution < 1.29 is 14.3 Å². The van der Waals surface area contributed by atoms with Gasteiger partial charge in [-0.25, -0.2) is 0 Å². The quantitative estimate of drug-likeness (QED) is 0.521. The van der Waals surface area contributed by atoms with Crippen LogP contribution in [0.15, 0.2) is 54.6 Å². The third-order valence-corrected chi connectivity index (χ3v) is 3.75. The molecule has 0 spiro atoms. The number of unbranched alkanes of at least 4 members (excludes halogenated alkanes) is 1. The van der Waals surface area contributed by atoms with Gasteiger partial charge in [0.1, 0.15) is 24.7 Å². The standard InChI is InChI=1S/C20H24N2O3S/c1-2-3-12-21-20(26)22-19(23)16-8-7-11-18(15-16)25-14-13-24-17-9-5-4-6-10-17/h4-11,15H,2-3,12-14H2,1H3,(H2,21,22,23,26). The molecule has 0 unspecified atom stereocenters. The lowest BCUT2D eigenvalue weighted by Gasteiger charge is -2.11. The van der Waals surface area contributed by atoms with Gasteiger partial charge in [-0.05, 0) is 49.0 Å². The van der Waals surface area contributed by atoms with Crippen molar-refractivity contribution in [3.8, 4) is 11.5 Å². The molecule has 0 saturated heterocycles. The van der Waals surface area contributed by atoms with Crippen LogP contribution in [0.3, 0.4) is 0 Å². The van der Waals surface area contributed by atoms with Gasteiger partial charge in [0.25, 0.3) is 5.91 Å². The summed E-state index contributed by atoms with van der Waals surface area (Å²) >= 11 is 5.12. The molecule has 2 rings (SSSR count). The molecule has 0 aliphatic heterocycles. The first kappa shape index (κ1) is 19.7. The molecule has 0 aliphatic rings. The molecule has 0 bridgehead atoms. The van der Waals surface area contributed by atoms with E-state index in [-0.39, 0.29) is 5.91 Å². The highest BCUT2D eigenvalue weighted by molar-refractivity contribution is 7.80. The molecule has 0 atom stereocenters. The molecule has 2 aromatic rings. The Morgan fingerprint density at radius 3 is 2.42 bits per heavy atom. The van der Waals surface area contributed by atoms with Crippen LogP contribution < -0.4 is 20.1 Å². The first-order valence-electron chi connectivity index (χ1n) is 8.69. The minimum atomic E-state index is -0.259. The van der Waals surface area contributed by atoms with E-state index in [4.69, 9.17) is 21.7 Å². The van der Waals surface area contributed by atoms with Gasteiger partial charge in [-0.2, -0.15) is 0 Å². The van der Waals surface area contributed by atoms with Crippen LogP contribution in [-0.4, -0.2) is 30.8 Å². The Labute approximate surface area is 159 Å². The SMILES string of the molecule is CCCCNC(=S)NC(=O)c1cccc(OCCOc2ccccc2)c1. The van der Waals surface area contributed by atoms with Gasteiger partial charge in [-0.1, -0.05) is 37.6 Å². The molecule has 0 heterocycles. The topological polar surface area (TPSA) is 59.6 Å². The number of hydrogen-bond acceptors (Lipinski definition) is 4. The third-order valence-electron chi connectivity index (χ3n) is 3.50. The van der Waals surface area contributed by atoms with E-state index in [0.29, 0.717) is 29.6 Å². The smallest absolute Gasteiger partial charge is 0.257 e. The van der Waals surface area contributed by atoms with E-state index in [2.05, 4.69) is 17.6 Å². The number of nitrogens with one attached hydrogen (secondary N) is 2. The summed E-state index contributed by atoms with van der Waals surface area (Å²) in [6.45, 7) is 3.66. The fourth-order valence-corrected chi connectivity index (χ4v) is 2.36. The lowest BCUT2D eigenvalue weighted by Crippen LogP contribution is -2.39. The Balaban J connectivity index is 1.77. The third kappa shape index (κ3) is 7.11. The lowest BCUT2D eigenvalue weighted by atomic mass is 10.2. The molecule has 0 aliphatic carbocycles. The predicted octanol–water partition coefficient (Wildman–Crippen LogP) is 3.55. The van der Waals surface area contributed by atoms with Gasteiger partial charge >= 0.3 is 0 Å². The number of thiocarbonyl (C=S) groups is 1. The van der Waals surface area contributed by atoms with Crippen molar-refractivity contribution in [2.45, 2.75) is 19.8 Å². The normalized spacial score (nSPS) is 10.0. The summed E-state index contributed by atoms with van der Waals surface area (Å²) in [5, 5.41) is 6.02. The highest BCUT2D eigenvalue weighted by atomic mass is 32.1. The number of benzene rings is 2. The first-order chi connectivity index (χ1) is 12.7. The van der Waals surface area contributed by atoms with Gasteiger partial charge in [0.15, 0.2) is 5.11 Å². The number of amides is 1. The van der Waals surface area contributed by atoms with Crippen molar-refractivity contribution in [3.05, 3.63) is 60.2 Å². The van der Waals surface area contributed by atoms with Gasteiger partial charge in [-0.3, -0.25) is 10.1 Å². The largest absolute Gasteiger partial charge is 0.490 e. The summed E-state index contributed by atoms with van der Waals surface area (Å²) in [6.07, 6.45) is 2.07. The summed E-state index contributed by atoms with van der Waals surface area (Å²) in [5.74, 6) is 1.15. The number of hydrogen-bond donors (Lipinski definition) is 2. The maximum atomic E-state index is 12.2. The van der Waals surface area contributed by atoms with Crippen molar-refractivity contribution in [1.82, 2.24) is 10.6 Å². The van der Waals surface area contributed by atoms with Crippen LogP contribution in [0.25, 0.3) is 0 Å². The second-order valence-corrected chi connectivity index (χ2v) is 6.01. The van der Waals surface area contributed by atoms with Crippen LogP contribution in [0.5, 0.6) is 11.5 Å².